The zero-order chi connectivity index (χ0) is 12.7. The van der Waals surface area contributed by atoms with Gasteiger partial charge >= 0.3 is 0 Å². The number of rotatable bonds is 6. The number of hydrogen-bond donors (Lipinski definition) is 1. The molecule has 0 saturated carbocycles. The lowest BCUT2D eigenvalue weighted by Crippen LogP contribution is -2.50. The summed E-state index contributed by atoms with van der Waals surface area (Å²) < 4.78 is 5.29. The van der Waals surface area contributed by atoms with Crippen LogP contribution >= 0.6 is 12.4 Å². The minimum Gasteiger partial charge on any atom is -0.384 e. The standard InChI is InChI=1S/C13H26N2O2.ClH/c1-4-5-10-15(2)12(16)13(11-17-3)6-8-14-9-7-13;/h14H,4-11H2,1-3H3;1H. The van der Waals surface area contributed by atoms with Crippen molar-refractivity contribution in [1.29, 1.82) is 0 Å². The second kappa shape index (κ2) is 8.73. The lowest BCUT2D eigenvalue weighted by atomic mass is 9.78. The number of nitrogens with one attached hydrogen (secondary N) is 1. The van der Waals surface area contributed by atoms with Gasteiger partial charge in [-0.3, -0.25) is 4.79 Å². The first-order chi connectivity index (χ1) is 8.16. The normalized spacial score (nSPS) is 17.9. The molecule has 108 valence electrons. The quantitative estimate of drug-likeness (QED) is 0.804. The van der Waals surface area contributed by atoms with Gasteiger partial charge in [-0.25, -0.2) is 0 Å². The Morgan fingerprint density at radius 1 is 1.39 bits per heavy atom. The fourth-order valence-corrected chi connectivity index (χ4v) is 2.50. The molecule has 18 heavy (non-hydrogen) atoms. The molecule has 1 saturated heterocycles. The largest absolute Gasteiger partial charge is 0.384 e. The molecular formula is C13H27ClN2O2. The summed E-state index contributed by atoms with van der Waals surface area (Å²) in [5.74, 6) is 0.259. The average Bonchev–Trinajstić information content (AvgIpc) is 2.36. The SMILES string of the molecule is CCCCN(C)C(=O)C1(COC)CCNCC1.Cl. The summed E-state index contributed by atoms with van der Waals surface area (Å²) in [6, 6.07) is 0. The molecule has 4 nitrogen and oxygen atoms in total. The maximum atomic E-state index is 12.5. The Labute approximate surface area is 117 Å². The first-order valence-electron chi connectivity index (χ1n) is 6.61. The average molecular weight is 279 g/mol. The Balaban J connectivity index is 0.00000289. The van der Waals surface area contributed by atoms with E-state index in [-0.39, 0.29) is 23.7 Å². The van der Waals surface area contributed by atoms with Gasteiger partial charge in [0.15, 0.2) is 0 Å². The van der Waals surface area contributed by atoms with Gasteiger partial charge < -0.3 is 15.0 Å². The molecule has 0 radical (unpaired) electrons. The van der Waals surface area contributed by atoms with E-state index in [1.165, 1.54) is 0 Å². The van der Waals surface area contributed by atoms with Crippen LogP contribution in [0.3, 0.4) is 0 Å². The van der Waals surface area contributed by atoms with Gasteiger partial charge in [-0.2, -0.15) is 0 Å². The van der Waals surface area contributed by atoms with Gasteiger partial charge in [-0.15, -0.1) is 12.4 Å². The molecule has 5 heteroatoms. The van der Waals surface area contributed by atoms with Crippen LogP contribution in [0.4, 0.5) is 0 Å². The molecule has 0 spiro atoms. The molecule has 0 aliphatic carbocycles. The number of unbranched alkanes of at least 4 members (excludes halogenated alkanes) is 1. The summed E-state index contributed by atoms with van der Waals surface area (Å²) in [4.78, 5) is 14.4. The highest BCUT2D eigenvalue weighted by atomic mass is 35.5. The molecule has 1 heterocycles. The van der Waals surface area contributed by atoms with E-state index in [0.717, 1.165) is 45.3 Å². The molecule has 1 rings (SSSR count). The first kappa shape index (κ1) is 17.7. The van der Waals surface area contributed by atoms with E-state index >= 15 is 0 Å². The van der Waals surface area contributed by atoms with Gasteiger partial charge in [0, 0.05) is 20.7 Å². The Morgan fingerprint density at radius 2 is 2.00 bits per heavy atom. The van der Waals surface area contributed by atoms with E-state index in [1.54, 1.807) is 7.11 Å². The molecular weight excluding hydrogens is 252 g/mol. The first-order valence-corrected chi connectivity index (χ1v) is 6.61. The monoisotopic (exact) mass is 278 g/mol. The lowest BCUT2D eigenvalue weighted by Gasteiger charge is -2.38. The number of nitrogens with zero attached hydrogens (tertiary/aromatic N) is 1. The van der Waals surface area contributed by atoms with Crippen LogP contribution in [0.2, 0.25) is 0 Å². The summed E-state index contributed by atoms with van der Waals surface area (Å²) in [7, 11) is 3.60. The van der Waals surface area contributed by atoms with E-state index in [9.17, 15) is 4.79 Å². The van der Waals surface area contributed by atoms with Gasteiger partial charge in [-0.05, 0) is 32.4 Å². The maximum absolute atomic E-state index is 12.5. The van der Waals surface area contributed by atoms with E-state index in [1.807, 2.05) is 11.9 Å². The number of ether oxygens (including phenoxy) is 1. The molecule has 0 aromatic carbocycles. The smallest absolute Gasteiger partial charge is 0.230 e. The van der Waals surface area contributed by atoms with Crippen LogP contribution in [0.5, 0.6) is 0 Å². The third-order valence-corrected chi connectivity index (χ3v) is 3.63. The van der Waals surface area contributed by atoms with Crippen molar-refractivity contribution in [2.75, 3.05) is 40.4 Å². The zero-order valence-electron chi connectivity index (χ0n) is 11.8. The number of piperidine rings is 1. The molecule has 1 fully saturated rings. The van der Waals surface area contributed by atoms with Crippen molar-refractivity contribution in [2.45, 2.75) is 32.6 Å². The Hall–Kier alpha value is -0.320. The van der Waals surface area contributed by atoms with Crippen LogP contribution in [0.25, 0.3) is 0 Å². The van der Waals surface area contributed by atoms with Crippen LogP contribution in [0, 0.1) is 5.41 Å². The molecule has 0 atom stereocenters. The zero-order valence-corrected chi connectivity index (χ0v) is 12.6. The van der Waals surface area contributed by atoms with E-state index < -0.39 is 0 Å². The van der Waals surface area contributed by atoms with Crippen LogP contribution in [-0.4, -0.2) is 51.2 Å². The maximum Gasteiger partial charge on any atom is 0.230 e. The minimum atomic E-state index is -0.289. The number of carbonyl (C=O) groups excluding carboxylic acids is 1. The Bertz CT molecular complexity index is 238. The highest BCUT2D eigenvalue weighted by Crippen LogP contribution is 2.31. The second-order valence-corrected chi connectivity index (χ2v) is 5.04. The minimum absolute atomic E-state index is 0. The van der Waals surface area contributed by atoms with Crippen molar-refractivity contribution in [3.05, 3.63) is 0 Å². The molecule has 0 bridgehead atoms. The molecule has 0 aromatic rings. The van der Waals surface area contributed by atoms with Crippen molar-refractivity contribution in [3.63, 3.8) is 0 Å². The Morgan fingerprint density at radius 3 is 2.50 bits per heavy atom. The Kier molecular flexibility index (Phi) is 8.57. The molecule has 1 amide bonds. The van der Waals surface area contributed by atoms with Crippen molar-refractivity contribution in [2.24, 2.45) is 5.41 Å². The van der Waals surface area contributed by atoms with Crippen LogP contribution < -0.4 is 5.32 Å². The van der Waals surface area contributed by atoms with Crippen molar-refractivity contribution < 1.29 is 9.53 Å². The fourth-order valence-electron chi connectivity index (χ4n) is 2.50. The number of halogens is 1. The fraction of sp³-hybridized carbons (Fsp3) is 0.923. The summed E-state index contributed by atoms with van der Waals surface area (Å²) in [5.41, 5.74) is -0.289. The second-order valence-electron chi connectivity index (χ2n) is 5.04. The van der Waals surface area contributed by atoms with Gasteiger partial charge in [0.25, 0.3) is 0 Å². The van der Waals surface area contributed by atoms with Crippen molar-refractivity contribution in [1.82, 2.24) is 10.2 Å². The summed E-state index contributed by atoms with van der Waals surface area (Å²) in [5, 5.41) is 3.31. The number of methoxy groups -OCH3 is 1. The van der Waals surface area contributed by atoms with E-state index in [2.05, 4.69) is 12.2 Å². The number of carbonyl (C=O) groups is 1. The van der Waals surface area contributed by atoms with Crippen LogP contribution in [0.15, 0.2) is 0 Å². The third kappa shape index (κ3) is 4.41. The molecule has 1 aliphatic heterocycles. The third-order valence-electron chi connectivity index (χ3n) is 3.63. The van der Waals surface area contributed by atoms with Crippen molar-refractivity contribution in [3.8, 4) is 0 Å². The molecule has 0 unspecified atom stereocenters. The highest BCUT2D eigenvalue weighted by molar-refractivity contribution is 5.85. The topological polar surface area (TPSA) is 41.6 Å². The summed E-state index contributed by atoms with van der Waals surface area (Å²) in [6.07, 6.45) is 3.96. The van der Waals surface area contributed by atoms with E-state index in [0.29, 0.717) is 6.61 Å². The number of hydrogen-bond acceptors (Lipinski definition) is 3. The van der Waals surface area contributed by atoms with Gasteiger partial charge in [-0.1, -0.05) is 13.3 Å². The van der Waals surface area contributed by atoms with Gasteiger partial charge in [0.05, 0.1) is 12.0 Å². The van der Waals surface area contributed by atoms with Crippen molar-refractivity contribution >= 4 is 18.3 Å². The predicted molar refractivity (Wildman–Crippen MR) is 76.2 cm³/mol. The van der Waals surface area contributed by atoms with Crippen LogP contribution in [-0.2, 0) is 9.53 Å². The molecule has 0 aromatic heterocycles. The number of amides is 1. The van der Waals surface area contributed by atoms with E-state index in [4.69, 9.17) is 4.74 Å². The van der Waals surface area contributed by atoms with Gasteiger partial charge in [0.2, 0.25) is 5.91 Å². The summed E-state index contributed by atoms with van der Waals surface area (Å²) >= 11 is 0. The molecule has 1 aliphatic rings. The summed E-state index contributed by atoms with van der Waals surface area (Å²) in [6.45, 7) is 5.37. The highest BCUT2D eigenvalue weighted by Gasteiger charge is 2.41. The van der Waals surface area contributed by atoms with Crippen LogP contribution in [0.1, 0.15) is 32.6 Å². The lowest BCUT2D eigenvalue weighted by molar-refractivity contribution is -0.146. The predicted octanol–water partition coefficient (Wildman–Crippen LogP) is 1.68. The van der Waals surface area contributed by atoms with Gasteiger partial charge in [0.1, 0.15) is 0 Å². The molecule has 1 N–H and O–H groups in total.